The topological polar surface area (TPSA) is 0 Å². The molecule has 0 fully saturated rings. The van der Waals surface area contributed by atoms with Crippen LogP contribution in [0.2, 0.25) is 0 Å². The van der Waals surface area contributed by atoms with Gasteiger partial charge in [-0.2, -0.15) is 35.9 Å². The number of hydrogen-bond donors (Lipinski definition) is 0. The quantitative estimate of drug-likeness (QED) is 0.428. The van der Waals surface area contributed by atoms with E-state index in [-0.39, 0.29) is 124 Å². The second-order valence-corrected chi connectivity index (χ2v) is 1.58. The van der Waals surface area contributed by atoms with Gasteiger partial charge in [-0.05, 0) is 0 Å². The molecular formula is C8H10Rb2. The van der Waals surface area contributed by atoms with Crippen LogP contribution in [-0.2, 0) is 0 Å². The molecule has 0 aromatic heterocycles. The minimum atomic E-state index is 0. The third-order valence-electron chi connectivity index (χ3n) is 0.885. The van der Waals surface area contributed by atoms with E-state index in [0.717, 1.165) is 0 Å². The zero-order valence-electron chi connectivity index (χ0n) is 7.31. The number of aryl methyl sites for hydroxylation is 1. The van der Waals surface area contributed by atoms with E-state index in [9.17, 15) is 0 Å². The third kappa shape index (κ3) is 8.92. The Balaban J connectivity index is -0.000000163. The van der Waals surface area contributed by atoms with Crippen LogP contribution < -0.4 is 116 Å². The summed E-state index contributed by atoms with van der Waals surface area (Å²) in [5, 5.41) is 0. The molecule has 0 radical (unpaired) electrons. The van der Waals surface area contributed by atoms with Crippen molar-refractivity contribution in [2.75, 3.05) is 0 Å². The summed E-state index contributed by atoms with van der Waals surface area (Å²) in [5.41, 5.74) is 1.29. The van der Waals surface area contributed by atoms with Crippen LogP contribution in [0.15, 0.2) is 24.3 Å². The van der Waals surface area contributed by atoms with Crippen molar-refractivity contribution in [3.63, 3.8) is 0 Å². The van der Waals surface area contributed by atoms with Gasteiger partial charge < -0.3 is 7.43 Å². The molecule has 2 heteroatoms. The second kappa shape index (κ2) is 11.8. The maximum atomic E-state index is 2.93. The normalized spacial score (nSPS) is 6.10. The molecule has 0 amide bonds. The predicted octanol–water partition coefficient (Wildman–Crippen LogP) is -3.75. The molecule has 0 aliphatic carbocycles. The predicted molar refractivity (Wildman–Crippen MR) is 36.4 cm³/mol. The summed E-state index contributed by atoms with van der Waals surface area (Å²) < 4.78 is 0. The van der Waals surface area contributed by atoms with E-state index in [1.54, 1.807) is 0 Å². The molecule has 0 aliphatic heterocycles. The maximum absolute atomic E-state index is 2.93. The molecule has 1 rings (SSSR count). The van der Waals surface area contributed by atoms with Gasteiger partial charge in [-0.1, -0.05) is 6.92 Å². The zero-order chi connectivity index (χ0) is 5.11. The van der Waals surface area contributed by atoms with Crippen LogP contribution in [0.1, 0.15) is 5.56 Å². The molecule has 0 aliphatic rings. The van der Waals surface area contributed by atoms with Gasteiger partial charge >= 0.3 is 116 Å². The van der Waals surface area contributed by atoms with Gasteiger partial charge in [-0.25, -0.2) is 0 Å². The minimum Gasteiger partial charge on any atom is -0.358 e. The zero-order valence-corrected chi connectivity index (χ0v) is 17.1. The fraction of sp³-hybridized carbons (Fsp3) is 0.125. The molecule has 44 valence electrons. The Morgan fingerprint density at radius 3 is 1.70 bits per heavy atom. The van der Waals surface area contributed by atoms with Gasteiger partial charge in [0.25, 0.3) is 0 Å². The molecule has 0 bridgehead atoms. The van der Waals surface area contributed by atoms with Crippen molar-refractivity contribution in [1.82, 2.24) is 0 Å². The third-order valence-corrected chi connectivity index (χ3v) is 0.885. The summed E-state index contributed by atoms with van der Waals surface area (Å²) in [6.07, 6.45) is 0. The Morgan fingerprint density at radius 1 is 1.10 bits per heavy atom. The standard InChI is InChI=1S/C7H7.CH3.2Rb/c1-7-5-3-2-4-6-7;;;/h3-6H,1H3;1H3;;/q2*-1;2*+1. The van der Waals surface area contributed by atoms with Crippen molar-refractivity contribution in [3.05, 3.63) is 43.3 Å². The molecule has 0 heterocycles. The van der Waals surface area contributed by atoms with Crippen molar-refractivity contribution in [2.45, 2.75) is 6.92 Å². The van der Waals surface area contributed by atoms with Crippen LogP contribution in [0.25, 0.3) is 0 Å². The van der Waals surface area contributed by atoms with Gasteiger partial charge in [0.1, 0.15) is 0 Å². The van der Waals surface area contributed by atoms with Crippen molar-refractivity contribution in [2.24, 2.45) is 0 Å². The first-order valence-electron chi connectivity index (χ1n) is 2.32. The summed E-state index contributed by atoms with van der Waals surface area (Å²) in [6, 6.07) is 10.8. The Morgan fingerprint density at radius 2 is 1.50 bits per heavy atom. The first-order valence-corrected chi connectivity index (χ1v) is 2.32. The fourth-order valence-electron chi connectivity index (χ4n) is 0.470. The van der Waals surface area contributed by atoms with Gasteiger partial charge in [-0.3, -0.25) is 0 Å². The molecule has 0 spiro atoms. The smallest absolute Gasteiger partial charge is 0.358 e. The van der Waals surface area contributed by atoms with Gasteiger partial charge in [0, 0.05) is 0 Å². The first-order chi connectivity index (χ1) is 3.39. The van der Waals surface area contributed by atoms with E-state index >= 15 is 0 Å². The van der Waals surface area contributed by atoms with Gasteiger partial charge in [0.15, 0.2) is 0 Å². The Bertz CT molecular complexity index is 137. The van der Waals surface area contributed by atoms with Crippen LogP contribution in [0.5, 0.6) is 0 Å². The van der Waals surface area contributed by atoms with E-state index in [1.807, 2.05) is 24.3 Å². The maximum Gasteiger partial charge on any atom is 1.00 e. The molecule has 0 saturated carbocycles. The van der Waals surface area contributed by atoms with Gasteiger partial charge in [0.2, 0.25) is 0 Å². The van der Waals surface area contributed by atoms with Crippen molar-refractivity contribution < 1.29 is 116 Å². The summed E-state index contributed by atoms with van der Waals surface area (Å²) in [4.78, 5) is 0. The fourth-order valence-corrected chi connectivity index (χ4v) is 0.470. The van der Waals surface area contributed by atoms with E-state index in [4.69, 9.17) is 0 Å². The summed E-state index contributed by atoms with van der Waals surface area (Å²) in [5.74, 6) is 0. The number of benzene rings is 1. The first kappa shape index (κ1) is 18.6. The van der Waals surface area contributed by atoms with E-state index in [1.165, 1.54) is 5.56 Å². The van der Waals surface area contributed by atoms with Crippen LogP contribution in [0, 0.1) is 20.4 Å². The van der Waals surface area contributed by atoms with Crippen LogP contribution >= 0.6 is 0 Å². The molecule has 1 aromatic rings. The molecule has 0 atom stereocenters. The summed E-state index contributed by atoms with van der Waals surface area (Å²) in [6.45, 7) is 2.06. The molecule has 1 aromatic carbocycles. The van der Waals surface area contributed by atoms with Crippen molar-refractivity contribution in [3.8, 4) is 0 Å². The van der Waals surface area contributed by atoms with Crippen LogP contribution in [0.3, 0.4) is 0 Å². The molecule has 0 unspecified atom stereocenters. The van der Waals surface area contributed by atoms with Crippen molar-refractivity contribution in [1.29, 1.82) is 0 Å². The second-order valence-electron chi connectivity index (χ2n) is 1.58. The minimum absolute atomic E-state index is 0. The van der Waals surface area contributed by atoms with Gasteiger partial charge in [-0.15, -0.1) is 0 Å². The molecular weight excluding hydrogens is 267 g/mol. The number of rotatable bonds is 0. The summed E-state index contributed by atoms with van der Waals surface area (Å²) >= 11 is 0. The van der Waals surface area contributed by atoms with Crippen LogP contribution in [0.4, 0.5) is 0 Å². The average Bonchev–Trinajstić information content (AvgIpc) is 1.69. The Kier molecular flexibility index (Phi) is 22.0. The average molecular weight is 277 g/mol. The Labute approximate surface area is 162 Å². The van der Waals surface area contributed by atoms with Crippen LogP contribution in [-0.4, -0.2) is 0 Å². The SMILES string of the molecule is Cc1cc[c-]cc1.[CH3-].[Rb+].[Rb+]. The van der Waals surface area contributed by atoms with E-state index < -0.39 is 0 Å². The van der Waals surface area contributed by atoms with E-state index in [2.05, 4.69) is 13.0 Å². The molecule has 10 heavy (non-hydrogen) atoms. The summed E-state index contributed by atoms with van der Waals surface area (Å²) in [7, 11) is 0. The molecule has 0 saturated heterocycles. The molecule has 0 N–H and O–H groups in total. The largest absolute Gasteiger partial charge is 1.00 e. The van der Waals surface area contributed by atoms with Gasteiger partial charge in [0.05, 0.1) is 0 Å². The monoisotopic (exact) mass is 276 g/mol. The van der Waals surface area contributed by atoms with Crippen molar-refractivity contribution >= 4 is 0 Å². The Hall–Kier alpha value is 2.83. The number of hydrogen-bond acceptors (Lipinski definition) is 0. The molecule has 0 nitrogen and oxygen atoms in total. The van der Waals surface area contributed by atoms with E-state index in [0.29, 0.717) is 0 Å².